The third-order valence-electron chi connectivity index (χ3n) is 2.95. The van der Waals surface area contributed by atoms with Gasteiger partial charge in [-0.2, -0.15) is 11.8 Å². The maximum Gasteiger partial charge on any atom is 0.0155 e. The first-order valence-corrected chi connectivity index (χ1v) is 8.04. The second-order valence-corrected chi connectivity index (χ2v) is 6.53. The molecule has 1 N–H and O–H groups in total. The molecular formula is C14H31NS. The van der Waals surface area contributed by atoms with Crippen LogP contribution in [0.3, 0.4) is 0 Å². The number of hydrogen-bond donors (Lipinski definition) is 1. The molecule has 0 bridgehead atoms. The lowest BCUT2D eigenvalue weighted by molar-refractivity contribution is 0.514. The number of hydrogen-bond acceptors (Lipinski definition) is 2. The molecule has 1 nitrogen and oxygen atoms in total. The average Bonchev–Trinajstić information content (AvgIpc) is 2.27. The molecule has 2 heteroatoms. The van der Waals surface area contributed by atoms with Crippen molar-refractivity contribution in [2.24, 2.45) is 0 Å². The zero-order valence-electron chi connectivity index (χ0n) is 11.7. The van der Waals surface area contributed by atoms with Gasteiger partial charge in [0.2, 0.25) is 0 Å². The van der Waals surface area contributed by atoms with Crippen molar-refractivity contribution in [3.8, 4) is 0 Å². The highest BCUT2D eigenvalue weighted by molar-refractivity contribution is 7.99. The normalized spacial score (nSPS) is 13.3. The van der Waals surface area contributed by atoms with Crippen LogP contribution in [0.25, 0.3) is 0 Å². The summed E-state index contributed by atoms with van der Waals surface area (Å²) in [5.41, 5.74) is 0. The highest BCUT2D eigenvalue weighted by atomic mass is 32.2. The molecule has 16 heavy (non-hydrogen) atoms. The second-order valence-electron chi connectivity index (χ2n) is 4.92. The van der Waals surface area contributed by atoms with Gasteiger partial charge in [-0.05, 0) is 18.7 Å². The Bertz CT molecular complexity index is 137. The van der Waals surface area contributed by atoms with Crippen LogP contribution in [0, 0.1) is 0 Å². The molecule has 0 saturated carbocycles. The van der Waals surface area contributed by atoms with Crippen LogP contribution in [0.1, 0.15) is 65.7 Å². The molecule has 0 aromatic rings. The Balaban J connectivity index is 3.33. The molecule has 0 rings (SSSR count). The average molecular weight is 245 g/mol. The van der Waals surface area contributed by atoms with Crippen molar-refractivity contribution in [3.63, 3.8) is 0 Å². The Kier molecular flexibility index (Phi) is 12.0. The Morgan fingerprint density at radius 3 is 2.19 bits per heavy atom. The number of nitrogens with one attached hydrogen (secondary N) is 1. The lowest BCUT2D eigenvalue weighted by Crippen LogP contribution is -2.28. The maximum absolute atomic E-state index is 3.44. The molecule has 0 saturated heterocycles. The monoisotopic (exact) mass is 245 g/mol. The van der Waals surface area contributed by atoms with Crippen molar-refractivity contribution in [2.75, 3.05) is 12.8 Å². The summed E-state index contributed by atoms with van der Waals surface area (Å²) < 4.78 is 0. The van der Waals surface area contributed by atoms with Crippen molar-refractivity contribution in [1.29, 1.82) is 0 Å². The van der Waals surface area contributed by atoms with Gasteiger partial charge in [0.1, 0.15) is 0 Å². The van der Waals surface area contributed by atoms with E-state index in [1.54, 1.807) is 0 Å². The van der Waals surface area contributed by atoms with E-state index in [4.69, 9.17) is 0 Å². The van der Waals surface area contributed by atoms with Crippen LogP contribution in [-0.4, -0.2) is 24.1 Å². The van der Waals surface area contributed by atoms with Gasteiger partial charge in [-0.25, -0.2) is 0 Å². The molecule has 1 atom stereocenters. The molecule has 0 aromatic heterocycles. The number of rotatable bonds is 11. The van der Waals surface area contributed by atoms with E-state index in [0.717, 1.165) is 11.3 Å². The Morgan fingerprint density at radius 2 is 1.62 bits per heavy atom. The van der Waals surface area contributed by atoms with Crippen molar-refractivity contribution in [2.45, 2.75) is 77.0 Å². The van der Waals surface area contributed by atoms with Crippen LogP contribution in [0.2, 0.25) is 0 Å². The fourth-order valence-corrected chi connectivity index (χ4v) is 2.74. The van der Waals surface area contributed by atoms with Crippen molar-refractivity contribution in [3.05, 3.63) is 0 Å². The Hall–Kier alpha value is 0.310. The van der Waals surface area contributed by atoms with Crippen molar-refractivity contribution < 1.29 is 0 Å². The highest BCUT2D eigenvalue weighted by Gasteiger charge is 2.06. The zero-order chi connectivity index (χ0) is 12.2. The van der Waals surface area contributed by atoms with Gasteiger partial charge in [0.05, 0.1) is 0 Å². The lowest BCUT2D eigenvalue weighted by Gasteiger charge is -2.16. The fourth-order valence-electron chi connectivity index (χ4n) is 1.79. The molecular weight excluding hydrogens is 214 g/mol. The van der Waals surface area contributed by atoms with Crippen LogP contribution in [0.5, 0.6) is 0 Å². The minimum Gasteiger partial charge on any atom is -0.316 e. The molecule has 0 heterocycles. The Morgan fingerprint density at radius 1 is 1.00 bits per heavy atom. The van der Waals surface area contributed by atoms with E-state index in [1.807, 2.05) is 0 Å². The first kappa shape index (κ1) is 16.3. The summed E-state index contributed by atoms with van der Waals surface area (Å²) in [5, 5.41) is 4.20. The van der Waals surface area contributed by atoms with E-state index >= 15 is 0 Å². The summed E-state index contributed by atoms with van der Waals surface area (Å²) in [6, 6.07) is 0.721. The summed E-state index contributed by atoms with van der Waals surface area (Å²) >= 11 is 2.07. The zero-order valence-corrected chi connectivity index (χ0v) is 12.5. The van der Waals surface area contributed by atoms with E-state index < -0.39 is 0 Å². The number of unbranched alkanes of at least 4 members (excludes halogenated alkanes) is 5. The van der Waals surface area contributed by atoms with Gasteiger partial charge >= 0.3 is 0 Å². The molecule has 98 valence electrons. The largest absolute Gasteiger partial charge is 0.316 e. The summed E-state index contributed by atoms with van der Waals surface area (Å²) in [6.45, 7) is 6.84. The third kappa shape index (κ3) is 10.8. The van der Waals surface area contributed by atoms with Crippen LogP contribution in [0.4, 0.5) is 0 Å². The molecule has 0 aliphatic heterocycles. The van der Waals surface area contributed by atoms with Gasteiger partial charge < -0.3 is 5.32 Å². The predicted molar refractivity (Wildman–Crippen MR) is 78.4 cm³/mol. The smallest absolute Gasteiger partial charge is 0.0155 e. The molecule has 0 aliphatic carbocycles. The fraction of sp³-hybridized carbons (Fsp3) is 1.00. The summed E-state index contributed by atoms with van der Waals surface area (Å²) in [4.78, 5) is 0. The van der Waals surface area contributed by atoms with Crippen LogP contribution in [0.15, 0.2) is 0 Å². The van der Waals surface area contributed by atoms with Crippen molar-refractivity contribution in [1.82, 2.24) is 5.32 Å². The molecule has 0 aliphatic rings. The quantitative estimate of drug-likeness (QED) is 0.539. The Labute approximate surface area is 107 Å². The van der Waals surface area contributed by atoms with Gasteiger partial charge in [-0.3, -0.25) is 0 Å². The molecule has 0 fully saturated rings. The second kappa shape index (κ2) is 11.8. The molecule has 0 spiro atoms. The summed E-state index contributed by atoms with van der Waals surface area (Å²) in [7, 11) is 2.10. The van der Waals surface area contributed by atoms with E-state index in [0.29, 0.717) is 0 Å². The van der Waals surface area contributed by atoms with E-state index in [2.05, 4.69) is 44.9 Å². The van der Waals surface area contributed by atoms with Gasteiger partial charge in [0, 0.05) is 11.8 Å². The number of thioether (sulfide) groups is 1. The van der Waals surface area contributed by atoms with Crippen LogP contribution < -0.4 is 5.32 Å². The molecule has 0 amide bonds. The maximum atomic E-state index is 3.44. The summed E-state index contributed by atoms with van der Waals surface area (Å²) in [5.74, 6) is 1.27. The minimum atomic E-state index is 0.721. The predicted octanol–water partition coefficient (Wildman–Crippen LogP) is 4.47. The van der Waals surface area contributed by atoms with Gasteiger partial charge in [0.25, 0.3) is 0 Å². The molecule has 1 unspecified atom stereocenters. The van der Waals surface area contributed by atoms with E-state index in [1.165, 1.54) is 50.7 Å². The first-order valence-electron chi connectivity index (χ1n) is 6.99. The van der Waals surface area contributed by atoms with Crippen molar-refractivity contribution >= 4 is 11.8 Å². The highest BCUT2D eigenvalue weighted by Crippen LogP contribution is 2.15. The van der Waals surface area contributed by atoms with Crippen LogP contribution >= 0.6 is 11.8 Å². The van der Waals surface area contributed by atoms with E-state index in [-0.39, 0.29) is 0 Å². The topological polar surface area (TPSA) is 12.0 Å². The van der Waals surface area contributed by atoms with Gasteiger partial charge in [-0.1, -0.05) is 59.3 Å². The molecule has 0 aromatic carbocycles. The van der Waals surface area contributed by atoms with Crippen LogP contribution in [-0.2, 0) is 0 Å². The molecule has 0 radical (unpaired) electrons. The SMILES string of the molecule is CCCCCCCCC(CSC(C)C)NC. The van der Waals surface area contributed by atoms with E-state index in [9.17, 15) is 0 Å². The van der Waals surface area contributed by atoms with Gasteiger partial charge in [0.15, 0.2) is 0 Å². The first-order chi connectivity index (χ1) is 7.70. The lowest BCUT2D eigenvalue weighted by atomic mass is 10.1. The third-order valence-corrected chi connectivity index (χ3v) is 4.21. The van der Waals surface area contributed by atoms with Gasteiger partial charge in [-0.15, -0.1) is 0 Å². The minimum absolute atomic E-state index is 0.721. The standard InChI is InChI=1S/C14H31NS/c1-5-6-7-8-9-10-11-14(15-4)12-16-13(2)3/h13-15H,5-12H2,1-4H3. The summed E-state index contributed by atoms with van der Waals surface area (Å²) in [6.07, 6.45) is 9.80.